The second-order valence-corrected chi connectivity index (χ2v) is 8.51. The van der Waals surface area contributed by atoms with Gasteiger partial charge in [-0.25, -0.2) is 4.98 Å². The molecule has 34 heavy (non-hydrogen) atoms. The van der Waals surface area contributed by atoms with Gasteiger partial charge < -0.3 is 20.0 Å². The summed E-state index contributed by atoms with van der Waals surface area (Å²) in [5.74, 6) is 0.716. The van der Waals surface area contributed by atoms with E-state index in [1.807, 2.05) is 67.5 Å². The number of rotatable bonds is 7. The Morgan fingerprint density at radius 2 is 1.82 bits per heavy atom. The number of hydrogen-bond donors (Lipinski definition) is 1. The third-order valence-corrected chi connectivity index (χ3v) is 5.86. The lowest BCUT2D eigenvalue weighted by atomic mass is 10.1. The number of hydrogen-bond acceptors (Lipinski definition) is 7. The summed E-state index contributed by atoms with van der Waals surface area (Å²) in [7, 11) is 3.95. The predicted octanol–water partition coefficient (Wildman–Crippen LogP) is 2.63. The number of carbonyl (C=O) groups excluding carboxylic acids is 1. The van der Waals surface area contributed by atoms with E-state index in [0.29, 0.717) is 17.7 Å². The first-order chi connectivity index (χ1) is 16.5. The van der Waals surface area contributed by atoms with E-state index in [1.54, 1.807) is 12.4 Å². The van der Waals surface area contributed by atoms with Gasteiger partial charge in [-0.05, 0) is 38.4 Å². The predicted molar refractivity (Wildman–Crippen MR) is 134 cm³/mol. The number of nitriles is 1. The number of nitrogens with one attached hydrogen (secondary N) is 1. The highest BCUT2D eigenvalue weighted by atomic mass is 16.1. The fraction of sp³-hybridized carbons (Fsp3) is 0.308. The normalized spacial score (nSPS) is 13.6. The molecule has 1 aliphatic rings. The van der Waals surface area contributed by atoms with Gasteiger partial charge >= 0.3 is 0 Å². The van der Waals surface area contributed by atoms with Crippen LogP contribution in [0.25, 0.3) is 11.3 Å². The summed E-state index contributed by atoms with van der Waals surface area (Å²) < 4.78 is 0. The number of para-hydroxylation sites is 1. The highest BCUT2D eigenvalue weighted by molar-refractivity contribution is 5.95. The van der Waals surface area contributed by atoms with Crippen LogP contribution in [0, 0.1) is 11.3 Å². The van der Waals surface area contributed by atoms with Crippen molar-refractivity contribution in [2.75, 3.05) is 63.2 Å². The van der Waals surface area contributed by atoms with E-state index in [4.69, 9.17) is 4.98 Å². The molecule has 174 valence electrons. The van der Waals surface area contributed by atoms with Gasteiger partial charge in [0.15, 0.2) is 0 Å². The van der Waals surface area contributed by atoms with Crippen molar-refractivity contribution in [1.82, 2.24) is 20.2 Å². The molecule has 1 aromatic heterocycles. The molecule has 4 rings (SSSR count). The number of likely N-dealkylation sites (N-methyl/N-ethyl adjacent to an activating group) is 1. The van der Waals surface area contributed by atoms with Gasteiger partial charge in [0, 0.05) is 50.4 Å². The van der Waals surface area contributed by atoms with Crippen LogP contribution in [0.1, 0.15) is 15.9 Å². The Balaban J connectivity index is 1.44. The van der Waals surface area contributed by atoms with Gasteiger partial charge in [0.2, 0.25) is 0 Å². The zero-order valence-electron chi connectivity index (χ0n) is 19.6. The fourth-order valence-electron chi connectivity index (χ4n) is 3.98. The van der Waals surface area contributed by atoms with Gasteiger partial charge in [-0.3, -0.25) is 9.78 Å². The molecule has 2 heterocycles. The Morgan fingerprint density at radius 1 is 1.06 bits per heavy atom. The Kier molecular flexibility index (Phi) is 7.35. The van der Waals surface area contributed by atoms with Gasteiger partial charge in [0.05, 0.1) is 29.3 Å². The number of piperazine rings is 1. The zero-order chi connectivity index (χ0) is 23.9. The standard InChI is InChI=1S/C26H29N7O/c1-31(2)11-10-29-26(34)21-8-5-7-20(16-21)23-18-28-19-25(30-23)33-14-12-32(13-15-33)24-9-4-3-6-22(24)17-27/h3-9,16,18-19H,10-15H2,1-2H3,(H,29,34). The molecular formula is C26H29N7O. The fourth-order valence-corrected chi connectivity index (χ4v) is 3.98. The minimum Gasteiger partial charge on any atom is -0.367 e. The maximum absolute atomic E-state index is 12.5. The van der Waals surface area contributed by atoms with Crippen molar-refractivity contribution in [2.24, 2.45) is 0 Å². The van der Waals surface area contributed by atoms with E-state index in [0.717, 1.165) is 55.5 Å². The number of nitrogens with zero attached hydrogens (tertiary/aromatic N) is 6. The maximum atomic E-state index is 12.5. The summed E-state index contributed by atoms with van der Waals surface area (Å²) in [6, 6.07) is 17.5. The summed E-state index contributed by atoms with van der Waals surface area (Å²) in [5, 5.41) is 12.4. The van der Waals surface area contributed by atoms with Gasteiger partial charge in [-0.2, -0.15) is 5.26 Å². The Hall–Kier alpha value is -3.96. The number of anilines is 2. The molecule has 1 amide bonds. The minimum atomic E-state index is -0.0958. The molecule has 8 heteroatoms. The molecule has 0 unspecified atom stereocenters. The molecule has 3 aromatic rings. The monoisotopic (exact) mass is 455 g/mol. The zero-order valence-corrected chi connectivity index (χ0v) is 19.6. The van der Waals surface area contributed by atoms with Crippen molar-refractivity contribution in [2.45, 2.75) is 0 Å². The molecular weight excluding hydrogens is 426 g/mol. The summed E-state index contributed by atoms with van der Waals surface area (Å²) in [5.41, 5.74) is 3.87. The van der Waals surface area contributed by atoms with Crippen molar-refractivity contribution in [3.63, 3.8) is 0 Å². The molecule has 0 spiro atoms. The van der Waals surface area contributed by atoms with E-state index in [-0.39, 0.29) is 5.91 Å². The van der Waals surface area contributed by atoms with Gasteiger partial charge in [-0.1, -0.05) is 24.3 Å². The third kappa shape index (κ3) is 5.50. The third-order valence-electron chi connectivity index (χ3n) is 5.86. The Bertz CT molecular complexity index is 1180. The molecule has 1 fully saturated rings. The van der Waals surface area contributed by atoms with Crippen LogP contribution in [-0.2, 0) is 0 Å². The average Bonchev–Trinajstić information content (AvgIpc) is 2.88. The average molecular weight is 456 g/mol. The molecule has 1 aliphatic heterocycles. The lowest BCUT2D eigenvalue weighted by Gasteiger charge is -2.37. The number of benzene rings is 2. The van der Waals surface area contributed by atoms with Gasteiger partial charge in [0.1, 0.15) is 11.9 Å². The first-order valence-corrected chi connectivity index (χ1v) is 11.4. The molecule has 0 atom stereocenters. The van der Waals surface area contributed by atoms with Crippen LogP contribution in [0.15, 0.2) is 60.9 Å². The van der Waals surface area contributed by atoms with E-state index >= 15 is 0 Å². The SMILES string of the molecule is CN(C)CCNC(=O)c1cccc(-c2cncc(N3CCN(c4ccccc4C#N)CC3)n2)c1. The van der Waals surface area contributed by atoms with Crippen LogP contribution in [0.3, 0.4) is 0 Å². The number of carbonyl (C=O) groups is 1. The molecule has 2 aromatic carbocycles. The van der Waals surface area contributed by atoms with Crippen LogP contribution < -0.4 is 15.1 Å². The van der Waals surface area contributed by atoms with Crippen molar-refractivity contribution in [1.29, 1.82) is 5.26 Å². The Labute approximate surface area is 200 Å². The molecule has 1 saturated heterocycles. The lowest BCUT2D eigenvalue weighted by Crippen LogP contribution is -2.47. The van der Waals surface area contributed by atoms with E-state index in [2.05, 4.69) is 26.2 Å². The van der Waals surface area contributed by atoms with Crippen molar-refractivity contribution in [3.05, 3.63) is 72.1 Å². The maximum Gasteiger partial charge on any atom is 0.251 e. The van der Waals surface area contributed by atoms with Crippen LogP contribution in [0.4, 0.5) is 11.5 Å². The highest BCUT2D eigenvalue weighted by Crippen LogP contribution is 2.24. The van der Waals surface area contributed by atoms with E-state index in [1.165, 1.54) is 0 Å². The van der Waals surface area contributed by atoms with E-state index in [9.17, 15) is 10.1 Å². The van der Waals surface area contributed by atoms with Gasteiger partial charge in [0.25, 0.3) is 5.91 Å². The quantitative estimate of drug-likeness (QED) is 0.586. The lowest BCUT2D eigenvalue weighted by molar-refractivity contribution is 0.0951. The summed E-state index contributed by atoms with van der Waals surface area (Å²) in [4.78, 5) is 28.3. The largest absolute Gasteiger partial charge is 0.367 e. The second kappa shape index (κ2) is 10.8. The molecule has 0 radical (unpaired) electrons. The molecule has 0 bridgehead atoms. The first kappa shape index (κ1) is 23.2. The van der Waals surface area contributed by atoms with Crippen LogP contribution in [-0.4, -0.2) is 74.1 Å². The van der Waals surface area contributed by atoms with Crippen molar-refractivity contribution < 1.29 is 4.79 Å². The van der Waals surface area contributed by atoms with Crippen LogP contribution in [0.5, 0.6) is 0 Å². The van der Waals surface area contributed by atoms with Crippen LogP contribution >= 0.6 is 0 Å². The summed E-state index contributed by atoms with van der Waals surface area (Å²) in [6.07, 6.45) is 3.51. The van der Waals surface area contributed by atoms with Gasteiger partial charge in [-0.15, -0.1) is 0 Å². The molecule has 8 nitrogen and oxygen atoms in total. The molecule has 0 aliphatic carbocycles. The number of aromatic nitrogens is 2. The minimum absolute atomic E-state index is 0.0958. The highest BCUT2D eigenvalue weighted by Gasteiger charge is 2.20. The van der Waals surface area contributed by atoms with E-state index < -0.39 is 0 Å². The first-order valence-electron chi connectivity index (χ1n) is 11.4. The molecule has 1 N–H and O–H groups in total. The topological polar surface area (TPSA) is 88.4 Å². The smallest absolute Gasteiger partial charge is 0.251 e. The summed E-state index contributed by atoms with van der Waals surface area (Å²) >= 11 is 0. The van der Waals surface area contributed by atoms with Crippen molar-refractivity contribution >= 4 is 17.4 Å². The molecule has 0 saturated carbocycles. The second-order valence-electron chi connectivity index (χ2n) is 8.51. The van der Waals surface area contributed by atoms with Crippen LogP contribution in [0.2, 0.25) is 0 Å². The van der Waals surface area contributed by atoms with Crippen molar-refractivity contribution in [3.8, 4) is 17.3 Å². The Morgan fingerprint density at radius 3 is 2.59 bits per heavy atom. The summed E-state index contributed by atoms with van der Waals surface area (Å²) in [6.45, 7) is 4.54. The number of amides is 1.